The third kappa shape index (κ3) is 2.74. The minimum Gasteiger partial charge on any atom is -0.384 e. The zero-order valence-corrected chi connectivity index (χ0v) is 14.5. The molecular formula is C19H21N7. The summed E-state index contributed by atoms with van der Waals surface area (Å²) >= 11 is 0. The molecule has 1 aliphatic heterocycles. The smallest absolute Gasteiger partial charge is 0.162 e. The van der Waals surface area contributed by atoms with Gasteiger partial charge in [0.15, 0.2) is 5.82 Å². The first-order valence-electron chi connectivity index (χ1n) is 9.13. The molecule has 7 heteroatoms. The molecule has 0 amide bonds. The number of nitrogens with one attached hydrogen (secondary N) is 1. The van der Waals surface area contributed by atoms with Crippen LogP contribution in [0.15, 0.2) is 30.7 Å². The highest BCUT2D eigenvalue weighted by molar-refractivity contribution is 5.94. The van der Waals surface area contributed by atoms with Crippen molar-refractivity contribution in [2.24, 2.45) is 0 Å². The summed E-state index contributed by atoms with van der Waals surface area (Å²) < 4.78 is 0. The van der Waals surface area contributed by atoms with Gasteiger partial charge in [0.2, 0.25) is 0 Å². The number of anilines is 2. The summed E-state index contributed by atoms with van der Waals surface area (Å²) in [5.41, 5.74) is 8.94. The second-order valence-corrected chi connectivity index (χ2v) is 6.97. The van der Waals surface area contributed by atoms with Crippen molar-refractivity contribution in [3.63, 3.8) is 0 Å². The van der Waals surface area contributed by atoms with Crippen LogP contribution < -0.4 is 16.0 Å². The number of piperazine rings is 1. The van der Waals surface area contributed by atoms with Crippen LogP contribution in [-0.2, 0) is 0 Å². The van der Waals surface area contributed by atoms with Gasteiger partial charge >= 0.3 is 0 Å². The van der Waals surface area contributed by atoms with Crippen molar-refractivity contribution < 1.29 is 0 Å². The molecule has 0 atom stereocenters. The summed E-state index contributed by atoms with van der Waals surface area (Å²) in [4.78, 5) is 20.7. The second kappa shape index (κ2) is 6.17. The van der Waals surface area contributed by atoms with E-state index in [0.29, 0.717) is 17.6 Å². The maximum Gasteiger partial charge on any atom is 0.162 e. The van der Waals surface area contributed by atoms with Gasteiger partial charge in [0.05, 0.1) is 11.7 Å². The molecular weight excluding hydrogens is 326 g/mol. The SMILES string of the molecule is Nc1cc(-c2nc(N3CCNCC3)c3c(C4CC4)cncc3n2)ccn1. The molecule has 1 saturated carbocycles. The molecule has 2 fully saturated rings. The molecule has 0 unspecified atom stereocenters. The molecule has 3 aromatic heterocycles. The van der Waals surface area contributed by atoms with Crippen LogP contribution in [0, 0.1) is 0 Å². The Kier molecular flexibility index (Phi) is 3.67. The normalized spacial score (nSPS) is 17.6. The lowest BCUT2D eigenvalue weighted by Crippen LogP contribution is -2.44. The first kappa shape index (κ1) is 15.5. The molecule has 26 heavy (non-hydrogen) atoms. The maximum absolute atomic E-state index is 5.86. The highest BCUT2D eigenvalue weighted by Crippen LogP contribution is 2.44. The molecule has 3 aromatic rings. The number of aromatic nitrogens is 4. The second-order valence-electron chi connectivity index (χ2n) is 6.97. The fraction of sp³-hybridized carbons (Fsp3) is 0.368. The minimum atomic E-state index is 0.472. The van der Waals surface area contributed by atoms with Crippen LogP contribution in [0.25, 0.3) is 22.3 Å². The topological polar surface area (TPSA) is 92.8 Å². The predicted octanol–water partition coefficient (Wildman–Crippen LogP) is 1.96. The third-order valence-electron chi connectivity index (χ3n) is 5.09. The van der Waals surface area contributed by atoms with Crippen LogP contribution in [-0.4, -0.2) is 46.1 Å². The van der Waals surface area contributed by atoms with Crippen LogP contribution >= 0.6 is 0 Å². The van der Waals surface area contributed by atoms with Crippen LogP contribution in [0.4, 0.5) is 11.6 Å². The number of hydrogen-bond donors (Lipinski definition) is 2. The highest BCUT2D eigenvalue weighted by atomic mass is 15.2. The largest absolute Gasteiger partial charge is 0.384 e. The van der Waals surface area contributed by atoms with E-state index in [1.165, 1.54) is 18.4 Å². The zero-order chi connectivity index (χ0) is 17.5. The Morgan fingerprint density at radius 2 is 1.96 bits per heavy atom. The Labute approximate surface area is 151 Å². The van der Waals surface area contributed by atoms with Gasteiger partial charge in [-0.25, -0.2) is 15.0 Å². The molecule has 0 bridgehead atoms. The number of nitrogens with zero attached hydrogens (tertiary/aromatic N) is 5. The Balaban J connectivity index is 1.73. The summed E-state index contributed by atoms with van der Waals surface area (Å²) in [5.74, 6) is 2.76. The molecule has 0 spiro atoms. The predicted molar refractivity (Wildman–Crippen MR) is 102 cm³/mol. The molecule has 0 radical (unpaired) electrons. The van der Waals surface area contributed by atoms with E-state index in [1.807, 2.05) is 24.5 Å². The van der Waals surface area contributed by atoms with Crippen LogP contribution in [0.1, 0.15) is 24.3 Å². The maximum atomic E-state index is 5.86. The molecule has 1 aliphatic carbocycles. The van der Waals surface area contributed by atoms with E-state index < -0.39 is 0 Å². The van der Waals surface area contributed by atoms with Crippen LogP contribution in [0.5, 0.6) is 0 Å². The monoisotopic (exact) mass is 347 g/mol. The molecule has 3 N–H and O–H groups in total. The Bertz CT molecular complexity index is 961. The number of nitrogen functional groups attached to an aromatic ring is 1. The van der Waals surface area contributed by atoms with E-state index in [0.717, 1.165) is 48.5 Å². The summed E-state index contributed by atoms with van der Waals surface area (Å²) in [5, 5.41) is 4.58. The third-order valence-corrected chi connectivity index (χ3v) is 5.09. The standard InChI is InChI=1S/C19H21N7/c20-16-9-13(3-4-23-16)18-24-15-11-22-10-14(12-1-2-12)17(15)19(25-18)26-7-5-21-6-8-26/h3-4,9-12,21H,1-2,5-8H2,(H2,20,23). The minimum absolute atomic E-state index is 0.472. The summed E-state index contributed by atoms with van der Waals surface area (Å²) in [6.45, 7) is 3.81. The van der Waals surface area contributed by atoms with Gasteiger partial charge < -0.3 is 16.0 Å². The van der Waals surface area contributed by atoms with Crippen molar-refractivity contribution in [2.75, 3.05) is 36.8 Å². The van der Waals surface area contributed by atoms with Gasteiger partial charge in [0, 0.05) is 49.5 Å². The van der Waals surface area contributed by atoms with Gasteiger partial charge in [-0.2, -0.15) is 0 Å². The first-order chi connectivity index (χ1) is 12.8. The van der Waals surface area contributed by atoms with Crippen molar-refractivity contribution >= 4 is 22.5 Å². The van der Waals surface area contributed by atoms with Crippen molar-refractivity contribution in [1.82, 2.24) is 25.3 Å². The Morgan fingerprint density at radius 1 is 1.12 bits per heavy atom. The molecule has 7 nitrogen and oxygen atoms in total. The van der Waals surface area contributed by atoms with Crippen molar-refractivity contribution in [2.45, 2.75) is 18.8 Å². The van der Waals surface area contributed by atoms with Gasteiger partial charge in [0.1, 0.15) is 11.6 Å². The van der Waals surface area contributed by atoms with Crippen molar-refractivity contribution in [3.8, 4) is 11.4 Å². The lowest BCUT2D eigenvalue weighted by atomic mass is 10.1. The van der Waals surface area contributed by atoms with E-state index in [1.54, 1.807) is 6.20 Å². The lowest BCUT2D eigenvalue weighted by molar-refractivity contribution is 0.586. The number of rotatable bonds is 3. The van der Waals surface area contributed by atoms with Gasteiger partial charge in [-0.3, -0.25) is 4.98 Å². The molecule has 5 rings (SSSR count). The van der Waals surface area contributed by atoms with E-state index in [2.05, 4.69) is 20.2 Å². The van der Waals surface area contributed by atoms with E-state index in [4.69, 9.17) is 15.7 Å². The molecule has 2 aliphatic rings. The van der Waals surface area contributed by atoms with E-state index in [9.17, 15) is 0 Å². The number of fused-ring (bicyclic) bond motifs is 1. The van der Waals surface area contributed by atoms with Crippen LogP contribution in [0.2, 0.25) is 0 Å². The number of nitrogens with two attached hydrogens (primary N) is 1. The van der Waals surface area contributed by atoms with Gasteiger partial charge in [-0.15, -0.1) is 0 Å². The van der Waals surface area contributed by atoms with Gasteiger partial charge in [-0.05, 0) is 36.5 Å². The first-order valence-corrected chi connectivity index (χ1v) is 9.13. The van der Waals surface area contributed by atoms with Crippen molar-refractivity contribution in [1.29, 1.82) is 0 Å². The fourth-order valence-corrected chi connectivity index (χ4v) is 3.61. The van der Waals surface area contributed by atoms with Crippen LogP contribution in [0.3, 0.4) is 0 Å². The molecule has 4 heterocycles. The summed E-state index contributed by atoms with van der Waals surface area (Å²) in [6, 6.07) is 3.72. The van der Waals surface area contributed by atoms with Gasteiger partial charge in [0.25, 0.3) is 0 Å². The molecule has 0 aromatic carbocycles. The Hall–Kier alpha value is -2.80. The van der Waals surface area contributed by atoms with E-state index in [-0.39, 0.29) is 0 Å². The number of pyridine rings is 2. The lowest BCUT2D eigenvalue weighted by Gasteiger charge is -2.30. The average molecular weight is 347 g/mol. The average Bonchev–Trinajstić information content (AvgIpc) is 3.52. The van der Waals surface area contributed by atoms with Gasteiger partial charge in [-0.1, -0.05) is 0 Å². The zero-order valence-electron chi connectivity index (χ0n) is 14.5. The van der Waals surface area contributed by atoms with E-state index >= 15 is 0 Å². The molecule has 1 saturated heterocycles. The molecule has 132 valence electrons. The fourth-order valence-electron chi connectivity index (χ4n) is 3.61. The van der Waals surface area contributed by atoms with Crippen molar-refractivity contribution in [3.05, 3.63) is 36.3 Å². The summed E-state index contributed by atoms with van der Waals surface area (Å²) in [7, 11) is 0. The quantitative estimate of drug-likeness (QED) is 0.748. The Morgan fingerprint density at radius 3 is 2.73 bits per heavy atom. The summed E-state index contributed by atoms with van der Waals surface area (Å²) in [6.07, 6.45) is 8.00. The highest BCUT2D eigenvalue weighted by Gasteiger charge is 2.29. The number of hydrogen-bond acceptors (Lipinski definition) is 7.